The molecule has 2 heteroatoms. The van der Waals surface area contributed by atoms with Crippen molar-refractivity contribution in [3.63, 3.8) is 0 Å². The SMILES string of the molecule is Cc1cc(C2C3CC4CC(C)(C3)CC2(c2ccc(O)c(C)c2)C4)ccc1O. The highest BCUT2D eigenvalue weighted by Crippen LogP contribution is 2.70. The first-order valence-corrected chi connectivity index (χ1v) is 10.4. The van der Waals surface area contributed by atoms with E-state index in [1.54, 1.807) is 0 Å². The highest BCUT2D eigenvalue weighted by Gasteiger charge is 2.61. The van der Waals surface area contributed by atoms with Crippen LogP contribution in [0, 0.1) is 31.1 Å². The second-order valence-corrected chi connectivity index (χ2v) is 10.1. The maximum absolute atomic E-state index is 10.1. The summed E-state index contributed by atoms with van der Waals surface area (Å²) in [7, 11) is 0. The van der Waals surface area contributed by atoms with Gasteiger partial charge in [0.15, 0.2) is 0 Å². The number of phenols is 2. The second-order valence-electron chi connectivity index (χ2n) is 10.1. The number of aryl methyl sites for hydroxylation is 2. The molecule has 0 radical (unpaired) electrons. The Balaban J connectivity index is 1.70. The van der Waals surface area contributed by atoms with Gasteiger partial charge in [0.2, 0.25) is 0 Å². The van der Waals surface area contributed by atoms with Crippen LogP contribution < -0.4 is 0 Å². The summed E-state index contributed by atoms with van der Waals surface area (Å²) < 4.78 is 0. The molecule has 0 aromatic heterocycles. The summed E-state index contributed by atoms with van der Waals surface area (Å²) in [6.07, 6.45) is 6.55. The minimum absolute atomic E-state index is 0.153. The second kappa shape index (κ2) is 5.53. The van der Waals surface area contributed by atoms with Crippen molar-refractivity contribution in [1.82, 2.24) is 0 Å². The molecule has 4 bridgehead atoms. The fraction of sp³-hybridized carbons (Fsp3) is 0.520. The van der Waals surface area contributed by atoms with Crippen LogP contribution in [-0.2, 0) is 5.41 Å². The summed E-state index contributed by atoms with van der Waals surface area (Å²) in [6.45, 7) is 6.53. The zero-order chi connectivity index (χ0) is 19.0. The van der Waals surface area contributed by atoms with Gasteiger partial charge >= 0.3 is 0 Å². The van der Waals surface area contributed by atoms with Crippen LogP contribution in [0.25, 0.3) is 0 Å². The van der Waals surface area contributed by atoms with Gasteiger partial charge in [-0.25, -0.2) is 0 Å². The summed E-state index contributed by atoms with van der Waals surface area (Å²) in [5.41, 5.74) is 5.36. The van der Waals surface area contributed by atoms with Gasteiger partial charge in [0, 0.05) is 5.41 Å². The van der Waals surface area contributed by atoms with Crippen LogP contribution in [0.3, 0.4) is 0 Å². The molecular formula is C25H30O2. The Morgan fingerprint density at radius 3 is 2.26 bits per heavy atom. The van der Waals surface area contributed by atoms with E-state index in [0.29, 0.717) is 28.7 Å². The van der Waals surface area contributed by atoms with Crippen molar-refractivity contribution in [1.29, 1.82) is 0 Å². The first kappa shape index (κ1) is 17.2. The van der Waals surface area contributed by atoms with Gasteiger partial charge in [0.05, 0.1) is 0 Å². The fourth-order valence-corrected chi connectivity index (χ4v) is 7.43. The van der Waals surface area contributed by atoms with Gasteiger partial charge < -0.3 is 10.2 Å². The Labute approximate surface area is 162 Å². The molecule has 27 heavy (non-hydrogen) atoms. The molecule has 4 fully saturated rings. The van der Waals surface area contributed by atoms with Crippen LogP contribution in [0.2, 0.25) is 0 Å². The van der Waals surface area contributed by atoms with E-state index >= 15 is 0 Å². The third-order valence-electron chi connectivity index (χ3n) is 7.99. The Kier molecular flexibility index (Phi) is 3.51. The van der Waals surface area contributed by atoms with Gasteiger partial charge in [-0.1, -0.05) is 31.2 Å². The maximum atomic E-state index is 10.1. The predicted molar refractivity (Wildman–Crippen MR) is 108 cm³/mol. The highest BCUT2D eigenvalue weighted by atomic mass is 16.3. The quantitative estimate of drug-likeness (QED) is 0.691. The molecule has 6 rings (SSSR count). The van der Waals surface area contributed by atoms with E-state index in [2.05, 4.69) is 31.2 Å². The molecule has 5 unspecified atom stereocenters. The van der Waals surface area contributed by atoms with Crippen molar-refractivity contribution in [3.05, 3.63) is 58.7 Å². The average Bonchev–Trinajstić information content (AvgIpc) is 2.58. The number of benzene rings is 2. The van der Waals surface area contributed by atoms with E-state index in [1.807, 2.05) is 26.0 Å². The molecule has 142 valence electrons. The monoisotopic (exact) mass is 362 g/mol. The summed E-state index contributed by atoms with van der Waals surface area (Å²) in [6, 6.07) is 12.6. The van der Waals surface area contributed by atoms with Crippen LogP contribution >= 0.6 is 0 Å². The van der Waals surface area contributed by atoms with Gasteiger partial charge in [-0.15, -0.1) is 0 Å². The molecule has 0 heterocycles. The largest absolute Gasteiger partial charge is 0.508 e. The Morgan fingerprint density at radius 2 is 1.59 bits per heavy atom. The first-order valence-electron chi connectivity index (χ1n) is 10.4. The molecule has 4 aliphatic carbocycles. The average molecular weight is 363 g/mol. The number of aromatic hydroxyl groups is 2. The number of rotatable bonds is 2. The minimum atomic E-state index is 0.153. The molecule has 4 saturated carbocycles. The lowest BCUT2D eigenvalue weighted by molar-refractivity contribution is -0.0799. The van der Waals surface area contributed by atoms with Crippen molar-refractivity contribution < 1.29 is 10.2 Å². The van der Waals surface area contributed by atoms with Crippen molar-refractivity contribution >= 4 is 0 Å². The van der Waals surface area contributed by atoms with E-state index in [4.69, 9.17) is 0 Å². The van der Waals surface area contributed by atoms with Crippen LogP contribution in [0.5, 0.6) is 11.5 Å². The van der Waals surface area contributed by atoms with E-state index in [-0.39, 0.29) is 5.41 Å². The lowest BCUT2D eigenvalue weighted by atomic mass is 9.39. The van der Waals surface area contributed by atoms with E-state index in [0.717, 1.165) is 17.0 Å². The number of hydrogen-bond donors (Lipinski definition) is 2. The molecule has 0 spiro atoms. The van der Waals surface area contributed by atoms with E-state index < -0.39 is 0 Å². The van der Waals surface area contributed by atoms with E-state index in [9.17, 15) is 10.2 Å². The minimum Gasteiger partial charge on any atom is -0.508 e. The van der Waals surface area contributed by atoms with Gasteiger partial charge in [0.25, 0.3) is 0 Å². The molecule has 0 aliphatic heterocycles. The van der Waals surface area contributed by atoms with Crippen molar-refractivity contribution in [3.8, 4) is 11.5 Å². The lowest BCUT2D eigenvalue weighted by Crippen LogP contribution is -2.57. The molecule has 4 aliphatic rings. The van der Waals surface area contributed by atoms with Crippen molar-refractivity contribution in [2.45, 2.75) is 64.2 Å². The van der Waals surface area contributed by atoms with Gasteiger partial charge in [-0.2, -0.15) is 0 Å². The molecule has 5 atom stereocenters. The lowest BCUT2D eigenvalue weighted by Gasteiger charge is -2.65. The zero-order valence-corrected chi connectivity index (χ0v) is 16.6. The summed E-state index contributed by atoms with van der Waals surface area (Å²) in [5.74, 6) is 2.83. The topological polar surface area (TPSA) is 40.5 Å². The van der Waals surface area contributed by atoms with Crippen LogP contribution in [0.1, 0.15) is 67.2 Å². The third kappa shape index (κ3) is 2.45. The normalized spacial score (nSPS) is 36.9. The van der Waals surface area contributed by atoms with Gasteiger partial charge in [-0.3, -0.25) is 0 Å². The Hall–Kier alpha value is -1.96. The van der Waals surface area contributed by atoms with Crippen LogP contribution in [0.4, 0.5) is 0 Å². The fourth-order valence-electron chi connectivity index (χ4n) is 7.43. The molecule has 2 aromatic rings. The van der Waals surface area contributed by atoms with Crippen molar-refractivity contribution in [2.24, 2.45) is 17.3 Å². The van der Waals surface area contributed by atoms with Crippen molar-refractivity contribution in [2.75, 3.05) is 0 Å². The Bertz CT molecular complexity index is 917. The van der Waals surface area contributed by atoms with E-state index in [1.165, 1.54) is 43.2 Å². The molecule has 2 aromatic carbocycles. The summed E-state index contributed by atoms with van der Waals surface area (Å²) >= 11 is 0. The molecule has 0 amide bonds. The molecular weight excluding hydrogens is 332 g/mol. The highest BCUT2D eigenvalue weighted by molar-refractivity contribution is 5.46. The summed E-state index contributed by atoms with van der Waals surface area (Å²) in [5, 5.41) is 20.2. The molecule has 2 nitrogen and oxygen atoms in total. The standard InChI is InChI=1S/C25H30O2/c1-15-8-18(4-6-21(15)26)23-19-10-17-11-24(3,13-19)14-25(23,12-17)20-5-7-22(27)16(2)9-20/h4-9,17,19,23,26-27H,10-14H2,1-3H3. The number of phenolic OH excluding ortho intramolecular Hbond substituents is 2. The van der Waals surface area contributed by atoms with Gasteiger partial charge in [-0.05, 0) is 104 Å². The Morgan fingerprint density at radius 1 is 0.889 bits per heavy atom. The molecule has 0 saturated heterocycles. The third-order valence-corrected chi connectivity index (χ3v) is 7.99. The number of hydrogen-bond acceptors (Lipinski definition) is 2. The van der Waals surface area contributed by atoms with Crippen LogP contribution in [0.15, 0.2) is 36.4 Å². The molecule has 2 N–H and O–H groups in total. The first-order chi connectivity index (χ1) is 12.8. The summed E-state index contributed by atoms with van der Waals surface area (Å²) in [4.78, 5) is 0. The zero-order valence-electron chi connectivity index (χ0n) is 16.6. The predicted octanol–water partition coefficient (Wildman–Crippen LogP) is 5.97. The van der Waals surface area contributed by atoms with Crippen LogP contribution in [-0.4, -0.2) is 10.2 Å². The van der Waals surface area contributed by atoms with Gasteiger partial charge in [0.1, 0.15) is 11.5 Å². The smallest absolute Gasteiger partial charge is 0.118 e. The maximum Gasteiger partial charge on any atom is 0.118 e.